The van der Waals surface area contributed by atoms with E-state index in [0.717, 1.165) is 26.9 Å². The molecule has 0 radical (unpaired) electrons. The van der Waals surface area contributed by atoms with Gasteiger partial charge in [-0.05, 0) is 73.0 Å². The van der Waals surface area contributed by atoms with Gasteiger partial charge in [0.1, 0.15) is 6.61 Å². The van der Waals surface area contributed by atoms with Crippen LogP contribution in [0.5, 0.6) is 11.5 Å². The quantitative estimate of drug-likeness (QED) is 0.291. The monoisotopic (exact) mass is 558 g/mol. The van der Waals surface area contributed by atoms with Gasteiger partial charge in [0.2, 0.25) is 0 Å². The molecule has 2 N–H and O–H groups in total. The van der Waals surface area contributed by atoms with Crippen LogP contribution in [-0.2, 0) is 11.4 Å². The summed E-state index contributed by atoms with van der Waals surface area (Å²) < 4.78 is 12.8. The lowest BCUT2D eigenvalue weighted by molar-refractivity contribution is -0.116. The van der Waals surface area contributed by atoms with Crippen LogP contribution >= 0.6 is 39.3 Å². The average Bonchev–Trinajstić information content (AvgIpc) is 3.15. The topological polar surface area (TPSA) is 59.6 Å². The third kappa shape index (κ3) is 6.29. The molecule has 1 heterocycles. The second kappa shape index (κ2) is 11.2. The van der Waals surface area contributed by atoms with Crippen molar-refractivity contribution in [2.45, 2.75) is 26.0 Å². The number of hydrogen-bond donors (Lipinski definition) is 2. The highest BCUT2D eigenvalue weighted by atomic mass is 79.9. The van der Waals surface area contributed by atoms with Crippen molar-refractivity contribution < 1.29 is 14.3 Å². The maximum atomic E-state index is 12.6. The van der Waals surface area contributed by atoms with Crippen LogP contribution in [0.2, 0.25) is 5.02 Å². The lowest BCUT2D eigenvalue weighted by atomic mass is 10.2. The van der Waals surface area contributed by atoms with Crippen LogP contribution in [-0.4, -0.2) is 18.0 Å². The first-order valence-electron chi connectivity index (χ1n) is 10.8. The summed E-state index contributed by atoms with van der Waals surface area (Å²) in [5.41, 5.74) is 3.58. The molecule has 0 aliphatic carbocycles. The number of halogens is 2. The van der Waals surface area contributed by atoms with E-state index in [1.807, 2.05) is 80.6 Å². The van der Waals surface area contributed by atoms with Crippen molar-refractivity contribution in [1.29, 1.82) is 0 Å². The zero-order chi connectivity index (χ0) is 24.1. The van der Waals surface area contributed by atoms with Crippen molar-refractivity contribution in [3.8, 4) is 11.5 Å². The molecular formula is C26H24BrClN2O3S. The largest absolute Gasteiger partial charge is 0.490 e. The molecule has 0 spiro atoms. The number of rotatable bonds is 8. The Bertz CT molecular complexity index is 1220. The molecule has 1 amide bonds. The molecule has 1 saturated heterocycles. The van der Waals surface area contributed by atoms with Crippen molar-refractivity contribution in [1.82, 2.24) is 5.32 Å². The summed E-state index contributed by atoms with van der Waals surface area (Å²) in [6.07, 6.45) is 1.85. The minimum Gasteiger partial charge on any atom is -0.490 e. The molecule has 4 rings (SSSR count). The highest BCUT2D eigenvalue weighted by Gasteiger charge is 2.27. The smallest absolute Gasteiger partial charge is 0.260 e. The summed E-state index contributed by atoms with van der Waals surface area (Å²) in [5.74, 6) is 1.17. The Balaban J connectivity index is 1.47. The van der Waals surface area contributed by atoms with E-state index in [2.05, 4.69) is 26.6 Å². The number of nitrogens with one attached hydrogen (secondary N) is 2. The van der Waals surface area contributed by atoms with E-state index >= 15 is 0 Å². The van der Waals surface area contributed by atoms with Crippen molar-refractivity contribution in [3.05, 3.63) is 91.8 Å². The van der Waals surface area contributed by atoms with E-state index < -0.39 is 0 Å². The van der Waals surface area contributed by atoms with E-state index in [4.69, 9.17) is 21.1 Å². The SMILES string of the molecule is CCOc1cc(/C=C2\SC(Nc3cc(Cl)ccc3C)NC2=O)ccc1OCc1ccc(Br)cc1. The van der Waals surface area contributed by atoms with Gasteiger partial charge >= 0.3 is 0 Å². The summed E-state index contributed by atoms with van der Waals surface area (Å²) in [5, 5.41) is 6.93. The second-order valence-electron chi connectivity index (χ2n) is 7.64. The summed E-state index contributed by atoms with van der Waals surface area (Å²) in [7, 11) is 0. The molecule has 0 bridgehead atoms. The van der Waals surface area contributed by atoms with Gasteiger partial charge < -0.3 is 20.1 Å². The van der Waals surface area contributed by atoms with E-state index in [9.17, 15) is 4.79 Å². The Morgan fingerprint density at radius 1 is 1.09 bits per heavy atom. The molecular weight excluding hydrogens is 536 g/mol. The number of anilines is 1. The number of thioether (sulfide) groups is 1. The molecule has 3 aromatic rings. The fourth-order valence-electron chi connectivity index (χ4n) is 3.35. The summed E-state index contributed by atoms with van der Waals surface area (Å²) >= 11 is 11.0. The summed E-state index contributed by atoms with van der Waals surface area (Å²) in [6, 6.07) is 19.3. The maximum absolute atomic E-state index is 12.6. The maximum Gasteiger partial charge on any atom is 0.260 e. The number of aryl methyl sites for hydroxylation is 1. The molecule has 1 unspecified atom stereocenters. The normalized spacial score (nSPS) is 16.4. The van der Waals surface area contributed by atoms with E-state index in [0.29, 0.717) is 34.6 Å². The van der Waals surface area contributed by atoms with E-state index in [-0.39, 0.29) is 11.4 Å². The number of benzene rings is 3. The standard InChI is InChI=1S/C26H24BrClN2O3S/c1-3-32-23-12-18(7-11-22(23)33-15-17-5-8-19(27)9-6-17)13-24-25(31)30-26(34-24)29-21-14-20(28)10-4-16(21)2/h4-14,26,29H,3,15H2,1-2H3,(H,30,31)/b24-13-. The lowest BCUT2D eigenvalue weighted by Crippen LogP contribution is -2.31. The Morgan fingerprint density at radius 2 is 1.88 bits per heavy atom. The second-order valence-corrected chi connectivity index (χ2v) is 10.1. The van der Waals surface area contributed by atoms with Crippen molar-refractivity contribution in [2.24, 2.45) is 0 Å². The first-order valence-corrected chi connectivity index (χ1v) is 12.8. The van der Waals surface area contributed by atoms with Gasteiger partial charge in [0.25, 0.3) is 5.91 Å². The van der Waals surface area contributed by atoms with Crippen molar-refractivity contribution >= 4 is 57.0 Å². The molecule has 1 fully saturated rings. The number of amides is 1. The van der Waals surface area contributed by atoms with Crippen LogP contribution in [0, 0.1) is 6.92 Å². The van der Waals surface area contributed by atoms with Crippen LogP contribution < -0.4 is 20.1 Å². The van der Waals surface area contributed by atoms with Crippen LogP contribution in [0.1, 0.15) is 23.6 Å². The fourth-order valence-corrected chi connectivity index (χ4v) is 4.76. The molecule has 0 aromatic heterocycles. The zero-order valence-electron chi connectivity index (χ0n) is 18.7. The molecule has 1 atom stereocenters. The van der Waals surface area contributed by atoms with E-state index in [1.165, 1.54) is 11.8 Å². The van der Waals surface area contributed by atoms with E-state index in [1.54, 1.807) is 0 Å². The third-order valence-corrected chi connectivity index (χ3v) is 6.88. The van der Waals surface area contributed by atoms with Crippen LogP contribution in [0.4, 0.5) is 5.69 Å². The van der Waals surface area contributed by atoms with Gasteiger partial charge in [-0.15, -0.1) is 0 Å². The number of carbonyl (C=O) groups is 1. The molecule has 5 nitrogen and oxygen atoms in total. The summed E-state index contributed by atoms with van der Waals surface area (Å²) in [6.45, 7) is 4.86. The average molecular weight is 560 g/mol. The molecule has 3 aromatic carbocycles. The highest BCUT2D eigenvalue weighted by molar-refractivity contribution is 9.10. The third-order valence-electron chi connectivity index (χ3n) is 5.09. The van der Waals surface area contributed by atoms with Crippen molar-refractivity contribution in [2.75, 3.05) is 11.9 Å². The highest BCUT2D eigenvalue weighted by Crippen LogP contribution is 2.34. The van der Waals surface area contributed by atoms with Crippen LogP contribution in [0.15, 0.2) is 70.0 Å². The molecule has 0 saturated carbocycles. The Kier molecular flexibility index (Phi) is 8.08. The molecule has 176 valence electrons. The molecule has 1 aliphatic heterocycles. The van der Waals surface area contributed by atoms with Crippen molar-refractivity contribution in [3.63, 3.8) is 0 Å². The van der Waals surface area contributed by atoms with Gasteiger partial charge in [-0.1, -0.05) is 63.6 Å². The minimum absolute atomic E-state index is 0.129. The van der Waals surface area contributed by atoms with Gasteiger partial charge in [0.15, 0.2) is 17.0 Å². The lowest BCUT2D eigenvalue weighted by Gasteiger charge is -2.15. The number of ether oxygens (including phenoxy) is 2. The predicted octanol–water partition coefficient (Wildman–Crippen LogP) is 6.99. The van der Waals surface area contributed by atoms with Gasteiger partial charge in [0.05, 0.1) is 11.5 Å². The Labute approximate surface area is 217 Å². The van der Waals surface area contributed by atoms with Crippen LogP contribution in [0.3, 0.4) is 0 Å². The molecule has 8 heteroatoms. The predicted molar refractivity (Wildman–Crippen MR) is 143 cm³/mol. The summed E-state index contributed by atoms with van der Waals surface area (Å²) in [4.78, 5) is 13.2. The van der Waals surface area contributed by atoms with Gasteiger partial charge in [-0.2, -0.15) is 0 Å². The fraction of sp³-hybridized carbons (Fsp3) is 0.192. The first kappa shape index (κ1) is 24.5. The van der Waals surface area contributed by atoms with Crippen LogP contribution in [0.25, 0.3) is 6.08 Å². The van der Waals surface area contributed by atoms with Gasteiger partial charge in [0, 0.05) is 15.2 Å². The first-order chi connectivity index (χ1) is 16.4. The minimum atomic E-state index is -0.282. The zero-order valence-corrected chi connectivity index (χ0v) is 21.9. The number of carbonyl (C=O) groups excluding carboxylic acids is 1. The number of hydrogen-bond acceptors (Lipinski definition) is 5. The molecule has 1 aliphatic rings. The molecule has 34 heavy (non-hydrogen) atoms. The Hall–Kier alpha value is -2.61. The van der Waals surface area contributed by atoms with Gasteiger partial charge in [-0.25, -0.2) is 0 Å². The van der Waals surface area contributed by atoms with Gasteiger partial charge in [-0.3, -0.25) is 4.79 Å². The Morgan fingerprint density at radius 3 is 2.65 bits per heavy atom.